The number of aromatic nitrogens is 3. The van der Waals surface area contributed by atoms with Gasteiger partial charge in [-0.3, -0.25) is 10.8 Å². The minimum Gasteiger partial charge on any atom is -0.349 e. The fourth-order valence-electron chi connectivity index (χ4n) is 10.2. The maximum absolute atomic E-state index is 7.32. The van der Waals surface area contributed by atoms with Crippen molar-refractivity contribution in [2.24, 2.45) is 21.7 Å². The van der Waals surface area contributed by atoms with Crippen molar-refractivity contribution in [2.45, 2.75) is 187 Å². The van der Waals surface area contributed by atoms with Crippen molar-refractivity contribution < 1.29 is 0 Å². The summed E-state index contributed by atoms with van der Waals surface area (Å²) in [4.78, 5) is 21.4. The zero-order valence-electron chi connectivity index (χ0n) is 29.8. The largest absolute Gasteiger partial charge is 0.349 e. The lowest BCUT2D eigenvalue weighted by Crippen LogP contribution is -2.83. The second kappa shape index (κ2) is 9.93. The van der Waals surface area contributed by atoms with E-state index in [-0.39, 0.29) is 39.0 Å². The highest BCUT2D eigenvalue weighted by molar-refractivity contribution is 6.06. The van der Waals surface area contributed by atoms with Crippen LogP contribution in [0.3, 0.4) is 0 Å². The van der Waals surface area contributed by atoms with Crippen LogP contribution in [0.1, 0.15) is 159 Å². The first-order valence-electron chi connectivity index (χ1n) is 17.0. The maximum atomic E-state index is 7.32. The zero-order chi connectivity index (χ0) is 32.1. The Bertz CT molecular complexity index is 1220. The van der Waals surface area contributed by atoms with Crippen LogP contribution in [0.15, 0.2) is 4.99 Å². The fraction of sp³-hybridized carbons (Fsp3) is 0.886. The fourth-order valence-corrected chi connectivity index (χ4v) is 10.2. The maximum Gasteiger partial charge on any atom is 0.226 e. The average Bonchev–Trinajstić information content (AvgIpc) is 3.05. The number of aliphatic imine (C=N–C) groups is 1. The summed E-state index contributed by atoms with van der Waals surface area (Å²) in [5.41, 5.74) is -0.368. The summed E-state index contributed by atoms with van der Waals surface area (Å²) >= 11 is 0. The number of hydrazine groups is 1. The van der Waals surface area contributed by atoms with Crippen LogP contribution >= 0.6 is 0 Å². The highest BCUT2D eigenvalue weighted by atomic mass is 15.5. The summed E-state index contributed by atoms with van der Waals surface area (Å²) in [5.74, 6) is 9.65. The number of nitrogens with two attached hydrogens (primary N) is 1. The van der Waals surface area contributed by atoms with Crippen molar-refractivity contribution in [2.75, 3.05) is 5.32 Å². The predicted octanol–water partition coefficient (Wildman–Crippen LogP) is 6.94. The molecule has 0 atom stereocenters. The van der Waals surface area contributed by atoms with Gasteiger partial charge in [0.1, 0.15) is 5.41 Å². The third-order valence-electron chi connectivity index (χ3n) is 11.3. The molecule has 1 saturated carbocycles. The van der Waals surface area contributed by atoms with Crippen molar-refractivity contribution >= 4 is 11.7 Å². The summed E-state index contributed by atoms with van der Waals surface area (Å²) in [6, 6.07) is 0.198. The molecule has 0 aromatic carbocycles. The molecule has 4 aliphatic heterocycles. The molecule has 2 saturated heterocycles. The molecule has 1 aromatic heterocycles. The Morgan fingerprint density at radius 2 is 1.33 bits per heavy atom. The lowest BCUT2D eigenvalue weighted by Gasteiger charge is -2.69. The van der Waals surface area contributed by atoms with Crippen molar-refractivity contribution in [3.8, 4) is 0 Å². The summed E-state index contributed by atoms with van der Waals surface area (Å²) in [7, 11) is 0. The topological polar surface area (TPSA) is 104 Å². The first kappa shape index (κ1) is 32.7. The van der Waals surface area contributed by atoms with Crippen LogP contribution in [0.2, 0.25) is 0 Å². The third-order valence-corrected chi connectivity index (χ3v) is 11.3. The minimum absolute atomic E-state index is 0.00172. The highest BCUT2D eigenvalue weighted by Crippen LogP contribution is 2.63. The van der Waals surface area contributed by atoms with Crippen molar-refractivity contribution in [3.05, 3.63) is 11.6 Å². The van der Waals surface area contributed by atoms with Crippen LogP contribution in [-0.2, 0) is 5.41 Å². The molecule has 43 heavy (non-hydrogen) atoms. The van der Waals surface area contributed by atoms with Gasteiger partial charge in [0, 0.05) is 33.3 Å². The molecule has 8 heteroatoms. The molecule has 2 bridgehead atoms. The molecule has 0 radical (unpaired) electrons. The Morgan fingerprint density at radius 3 is 1.81 bits per heavy atom. The van der Waals surface area contributed by atoms with Gasteiger partial charge in [0.25, 0.3) is 0 Å². The summed E-state index contributed by atoms with van der Waals surface area (Å²) in [6.45, 7) is 29.9. The Hall–Kier alpha value is -1.64. The smallest absolute Gasteiger partial charge is 0.226 e. The van der Waals surface area contributed by atoms with Crippen molar-refractivity contribution in [3.63, 3.8) is 0 Å². The van der Waals surface area contributed by atoms with E-state index < -0.39 is 11.0 Å². The number of fused-ring (bicyclic) bond motifs is 2. The van der Waals surface area contributed by atoms with Crippen LogP contribution in [0.4, 0.5) is 5.95 Å². The second-order valence-electron chi connectivity index (χ2n) is 18.7. The van der Waals surface area contributed by atoms with Gasteiger partial charge in [-0.25, -0.2) is 9.99 Å². The van der Waals surface area contributed by atoms with Crippen LogP contribution in [0.5, 0.6) is 0 Å². The van der Waals surface area contributed by atoms with Crippen LogP contribution < -0.4 is 16.5 Å². The van der Waals surface area contributed by atoms with Gasteiger partial charge < -0.3 is 10.6 Å². The zero-order valence-corrected chi connectivity index (χ0v) is 29.8. The molecule has 5 aliphatic rings. The lowest BCUT2D eigenvalue weighted by molar-refractivity contribution is -0.0993. The lowest BCUT2D eigenvalue weighted by atomic mass is 9.46. The van der Waals surface area contributed by atoms with Gasteiger partial charge in [-0.05, 0) is 107 Å². The SMILES string of the molecule is CC(C)(C)CC(C)(C)Nc1nc2nc(n1)C21C(=NC2CC(C)(C)NC(C)(C)C2)C2(CCCCCC2)C(C)(C)N(N)C1(C)C. The summed E-state index contributed by atoms with van der Waals surface area (Å²) in [5, 5.41) is 9.71. The quantitative estimate of drug-likeness (QED) is 0.325. The average molecular weight is 595 g/mol. The predicted molar refractivity (Wildman–Crippen MR) is 178 cm³/mol. The van der Waals surface area contributed by atoms with E-state index >= 15 is 0 Å². The van der Waals surface area contributed by atoms with E-state index in [0.29, 0.717) is 5.95 Å². The molecule has 0 unspecified atom stereocenters. The first-order chi connectivity index (χ1) is 19.5. The molecule has 5 heterocycles. The molecule has 1 aliphatic carbocycles. The van der Waals surface area contributed by atoms with Gasteiger partial charge in [0.2, 0.25) is 5.95 Å². The van der Waals surface area contributed by atoms with Gasteiger partial charge in [0.15, 0.2) is 11.6 Å². The molecule has 3 fully saturated rings. The second-order valence-corrected chi connectivity index (χ2v) is 18.7. The van der Waals surface area contributed by atoms with E-state index in [1.807, 2.05) is 0 Å². The van der Waals surface area contributed by atoms with E-state index in [4.69, 9.17) is 25.8 Å². The molecular formula is C35H62N8. The van der Waals surface area contributed by atoms with Gasteiger partial charge in [-0.1, -0.05) is 46.5 Å². The number of anilines is 1. The van der Waals surface area contributed by atoms with Gasteiger partial charge in [-0.15, -0.1) is 0 Å². The van der Waals surface area contributed by atoms with Crippen molar-refractivity contribution in [1.29, 1.82) is 0 Å². The van der Waals surface area contributed by atoms with E-state index in [0.717, 1.165) is 43.8 Å². The Balaban J connectivity index is 1.70. The molecule has 1 aromatic rings. The Kier molecular flexibility index (Phi) is 7.56. The van der Waals surface area contributed by atoms with Crippen LogP contribution in [0, 0.1) is 10.8 Å². The number of piperidine rings is 2. The number of hydrogen-bond donors (Lipinski definition) is 3. The molecule has 4 N–H and O–H groups in total. The molecule has 242 valence electrons. The number of nitrogens with one attached hydrogen (secondary N) is 2. The molecular weight excluding hydrogens is 532 g/mol. The number of rotatable bonds is 4. The number of hydrogen-bond acceptors (Lipinski definition) is 8. The monoisotopic (exact) mass is 595 g/mol. The first-order valence-corrected chi connectivity index (χ1v) is 17.0. The Morgan fingerprint density at radius 1 is 0.814 bits per heavy atom. The standard InChI is InChI=1S/C35H62N8/c1-28(2,3)22-31(8,9)41-27-39-25-35(26(38-25)40-27)24(37-23-20-29(4,5)42-30(6,7)21-23)34(18-16-14-15-17-19-34)32(10,11)43(36)33(35,12)13/h23,42H,14-22,36H2,1-13H3,(H,38,39,40,41). The molecule has 2 spiro atoms. The van der Waals surface area contributed by atoms with E-state index in [1.165, 1.54) is 31.4 Å². The van der Waals surface area contributed by atoms with Gasteiger partial charge >= 0.3 is 0 Å². The van der Waals surface area contributed by atoms with E-state index in [9.17, 15) is 0 Å². The summed E-state index contributed by atoms with van der Waals surface area (Å²) in [6.07, 6.45) is 10.0. The molecule has 0 amide bonds. The Labute approximate surface area is 262 Å². The minimum atomic E-state index is -0.639. The van der Waals surface area contributed by atoms with Gasteiger partial charge in [-0.2, -0.15) is 9.97 Å². The van der Waals surface area contributed by atoms with Crippen LogP contribution in [-0.4, -0.2) is 59.4 Å². The normalized spacial score (nSPS) is 28.5. The summed E-state index contributed by atoms with van der Waals surface area (Å²) < 4.78 is 0. The van der Waals surface area contributed by atoms with Crippen molar-refractivity contribution in [1.82, 2.24) is 25.3 Å². The molecule has 8 nitrogen and oxygen atoms in total. The highest BCUT2D eigenvalue weighted by Gasteiger charge is 2.75. The molecule has 6 rings (SSSR count). The van der Waals surface area contributed by atoms with E-state index in [2.05, 4.69) is 106 Å². The third kappa shape index (κ3) is 5.25. The number of nitrogens with zero attached hydrogens (tertiary/aromatic N) is 5. The van der Waals surface area contributed by atoms with E-state index in [1.54, 1.807) is 0 Å². The van der Waals surface area contributed by atoms with Gasteiger partial charge in [0.05, 0.1) is 11.6 Å². The van der Waals surface area contributed by atoms with Crippen LogP contribution in [0.25, 0.3) is 0 Å².